The van der Waals surface area contributed by atoms with E-state index in [1.165, 1.54) is 12.8 Å². The van der Waals surface area contributed by atoms with E-state index in [0.717, 1.165) is 25.4 Å². The van der Waals surface area contributed by atoms with Gasteiger partial charge in [-0.3, -0.25) is 9.69 Å². The number of nitrogens with one attached hydrogen (secondary N) is 1. The van der Waals surface area contributed by atoms with Crippen molar-refractivity contribution in [1.82, 2.24) is 10.2 Å². The fraction of sp³-hybridized carbons (Fsp3) is 0.923. The van der Waals surface area contributed by atoms with Crippen molar-refractivity contribution in [3.63, 3.8) is 0 Å². The molecule has 1 aliphatic heterocycles. The van der Waals surface area contributed by atoms with E-state index in [2.05, 4.69) is 24.1 Å². The molecule has 2 fully saturated rings. The van der Waals surface area contributed by atoms with Crippen LogP contribution in [0.15, 0.2) is 0 Å². The Morgan fingerprint density at radius 1 is 1.35 bits per heavy atom. The highest BCUT2D eigenvalue weighted by molar-refractivity contribution is 5.74. The molecule has 0 aromatic rings. The lowest BCUT2D eigenvalue weighted by Gasteiger charge is -2.45. The Labute approximate surface area is 103 Å². The zero-order chi connectivity index (χ0) is 12.4. The van der Waals surface area contributed by atoms with E-state index < -0.39 is 5.97 Å². The van der Waals surface area contributed by atoms with Gasteiger partial charge in [-0.2, -0.15) is 0 Å². The third kappa shape index (κ3) is 2.80. The Hall–Kier alpha value is -0.610. The molecule has 1 heterocycles. The molecule has 17 heavy (non-hydrogen) atoms. The van der Waals surface area contributed by atoms with E-state index in [1.807, 2.05) is 0 Å². The van der Waals surface area contributed by atoms with Crippen molar-refractivity contribution in [2.75, 3.05) is 19.6 Å². The molecule has 1 aliphatic carbocycles. The Morgan fingerprint density at radius 3 is 2.76 bits per heavy atom. The fourth-order valence-electron chi connectivity index (χ4n) is 3.49. The number of nitrogens with zero attached hydrogens (tertiary/aromatic N) is 1. The first-order chi connectivity index (χ1) is 8.09. The van der Waals surface area contributed by atoms with Gasteiger partial charge in [-0.25, -0.2) is 0 Å². The van der Waals surface area contributed by atoms with Crippen molar-refractivity contribution in [1.29, 1.82) is 0 Å². The summed E-state index contributed by atoms with van der Waals surface area (Å²) in [5, 5.41) is 12.5. The second-order valence-corrected chi connectivity index (χ2v) is 5.76. The van der Waals surface area contributed by atoms with Crippen molar-refractivity contribution in [3.05, 3.63) is 0 Å². The Bertz CT molecular complexity index is 283. The highest BCUT2D eigenvalue weighted by Gasteiger charge is 2.37. The Morgan fingerprint density at radius 2 is 2.12 bits per heavy atom. The lowest BCUT2D eigenvalue weighted by atomic mass is 9.78. The average molecular weight is 240 g/mol. The molecule has 4 atom stereocenters. The minimum Gasteiger partial charge on any atom is -0.480 e. The highest BCUT2D eigenvalue weighted by Crippen LogP contribution is 2.33. The van der Waals surface area contributed by atoms with Crippen LogP contribution in [0.4, 0.5) is 0 Å². The second-order valence-electron chi connectivity index (χ2n) is 5.76. The van der Waals surface area contributed by atoms with Crippen molar-refractivity contribution in [3.8, 4) is 0 Å². The van der Waals surface area contributed by atoms with Gasteiger partial charge in [0.2, 0.25) is 0 Å². The Kier molecular flexibility index (Phi) is 4.05. The molecule has 2 rings (SSSR count). The van der Waals surface area contributed by atoms with Gasteiger partial charge in [0, 0.05) is 25.7 Å². The summed E-state index contributed by atoms with van der Waals surface area (Å²) < 4.78 is 0. The molecular weight excluding hydrogens is 216 g/mol. The van der Waals surface area contributed by atoms with Crippen molar-refractivity contribution in [2.45, 2.75) is 45.2 Å². The van der Waals surface area contributed by atoms with E-state index in [4.69, 9.17) is 0 Å². The summed E-state index contributed by atoms with van der Waals surface area (Å²) >= 11 is 0. The fourth-order valence-corrected chi connectivity index (χ4v) is 3.49. The molecule has 2 N–H and O–H groups in total. The van der Waals surface area contributed by atoms with E-state index in [0.29, 0.717) is 18.5 Å². The molecule has 98 valence electrons. The van der Waals surface area contributed by atoms with Crippen LogP contribution in [0.2, 0.25) is 0 Å². The van der Waals surface area contributed by atoms with Crippen LogP contribution in [0.3, 0.4) is 0 Å². The van der Waals surface area contributed by atoms with Crippen molar-refractivity contribution >= 4 is 5.97 Å². The van der Waals surface area contributed by atoms with Gasteiger partial charge in [0.25, 0.3) is 0 Å². The van der Waals surface area contributed by atoms with E-state index in [9.17, 15) is 9.90 Å². The molecule has 0 amide bonds. The third-order valence-electron chi connectivity index (χ3n) is 4.38. The topological polar surface area (TPSA) is 52.6 Å². The molecule has 4 nitrogen and oxygen atoms in total. The minimum absolute atomic E-state index is 0.329. The van der Waals surface area contributed by atoms with Crippen LogP contribution in [0.5, 0.6) is 0 Å². The number of carboxylic acid groups (broad SMARTS) is 1. The largest absolute Gasteiger partial charge is 0.480 e. The summed E-state index contributed by atoms with van der Waals surface area (Å²) in [7, 11) is 0. The summed E-state index contributed by atoms with van der Waals surface area (Å²) in [5.74, 6) is 0.745. The van der Waals surface area contributed by atoms with Gasteiger partial charge in [0.1, 0.15) is 6.04 Å². The van der Waals surface area contributed by atoms with Crippen LogP contribution >= 0.6 is 0 Å². The van der Waals surface area contributed by atoms with Crippen molar-refractivity contribution in [2.24, 2.45) is 11.8 Å². The molecule has 1 saturated heterocycles. The summed E-state index contributed by atoms with van der Waals surface area (Å²) in [6.07, 6.45) is 3.64. The number of carboxylic acids is 1. The number of piperazine rings is 1. The number of carbonyl (C=O) groups is 1. The van der Waals surface area contributed by atoms with Crippen LogP contribution in [-0.2, 0) is 4.79 Å². The second kappa shape index (κ2) is 5.36. The maximum absolute atomic E-state index is 11.3. The standard InChI is InChI=1S/C13H24N2O2/c1-9-3-4-11(10(2)7-9)15-6-5-14-8-12(15)13(16)17/h9-12,14H,3-8H2,1-2H3,(H,16,17). The maximum atomic E-state index is 11.3. The molecule has 1 saturated carbocycles. The predicted molar refractivity (Wildman–Crippen MR) is 67.0 cm³/mol. The van der Waals surface area contributed by atoms with Gasteiger partial charge in [-0.05, 0) is 31.1 Å². The molecule has 0 spiro atoms. The summed E-state index contributed by atoms with van der Waals surface area (Å²) in [4.78, 5) is 13.5. The first-order valence-electron chi connectivity index (χ1n) is 6.79. The molecule has 4 heteroatoms. The van der Waals surface area contributed by atoms with Crippen LogP contribution < -0.4 is 5.32 Å². The van der Waals surface area contributed by atoms with E-state index >= 15 is 0 Å². The first-order valence-corrected chi connectivity index (χ1v) is 6.79. The zero-order valence-electron chi connectivity index (χ0n) is 10.9. The van der Waals surface area contributed by atoms with Crippen molar-refractivity contribution < 1.29 is 9.90 Å². The molecule has 4 unspecified atom stereocenters. The van der Waals surface area contributed by atoms with Crippen LogP contribution in [-0.4, -0.2) is 47.7 Å². The normalized spacial score (nSPS) is 40.1. The molecular formula is C13H24N2O2. The number of rotatable bonds is 2. The maximum Gasteiger partial charge on any atom is 0.322 e. The van der Waals surface area contributed by atoms with E-state index in [1.54, 1.807) is 0 Å². The van der Waals surface area contributed by atoms with Gasteiger partial charge in [0.05, 0.1) is 0 Å². The number of hydrogen-bond acceptors (Lipinski definition) is 3. The number of aliphatic carboxylic acids is 1. The molecule has 0 bridgehead atoms. The van der Waals surface area contributed by atoms with E-state index in [-0.39, 0.29) is 6.04 Å². The summed E-state index contributed by atoms with van der Waals surface area (Å²) in [6.45, 7) is 6.97. The van der Waals surface area contributed by atoms with Gasteiger partial charge in [-0.1, -0.05) is 13.8 Å². The van der Waals surface area contributed by atoms with Gasteiger partial charge in [0.15, 0.2) is 0 Å². The molecule has 0 aromatic heterocycles. The minimum atomic E-state index is -0.678. The smallest absolute Gasteiger partial charge is 0.322 e. The van der Waals surface area contributed by atoms with Crippen LogP contribution in [0, 0.1) is 11.8 Å². The highest BCUT2D eigenvalue weighted by atomic mass is 16.4. The monoisotopic (exact) mass is 240 g/mol. The van der Waals surface area contributed by atoms with Crippen LogP contribution in [0.25, 0.3) is 0 Å². The predicted octanol–water partition coefficient (Wildman–Crippen LogP) is 1.17. The molecule has 2 aliphatic rings. The van der Waals surface area contributed by atoms with Gasteiger partial charge in [-0.15, -0.1) is 0 Å². The zero-order valence-corrected chi connectivity index (χ0v) is 10.9. The molecule has 0 aromatic carbocycles. The Balaban J connectivity index is 2.05. The SMILES string of the molecule is CC1CCC(N2CCNCC2C(=O)O)C(C)C1. The third-order valence-corrected chi connectivity index (χ3v) is 4.38. The molecule has 0 radical (unpaired) electrons. The quantitative estimate of drug-likeness (QED) is 0.761. The van der Waals surface area contributed by atoms with Gasteiger partial charge >= 0.3 is 5.97 Å². The lowest BCUT2D eigenvalue weighted by molar-refractivity contribution is -0.146. The summed E-state index contributed by atoms with van der Waals surface area (Å²) in [6, 6.07) is 0.138. The number of hydrogen-bond donors (Lipinski definition) is 2. The average Bonchev–Trinajstić information content (AvgIpc) is 2.29. The lowest BCUT2D eigenvalue weighted by Crippen LogP contribution is -2.60. The van der Waals surface area contributed by atoms with Crippen LogP contribution in [0.1, 0.15) is 33.1 Å². The summed E-state index contributed by atoms with van der Waals surface area (Å²) in [5.41, 5.74) is 0. The first kappa shape index (κ1) is 12.8. The van der Waals surface area contributed by atoms with Gasteiger partial charge < -0.3 is 10.4 Å².